The first-order valence-corrected chi connectivity index (χ1v) is 12.3. The number of halogens is 2. The Morgan fingerprint density at radius 3 is 2.80 bits per heavy atom. The molecule has 3 aromatic heterocycles. The number of carbonyl (C=O) groups is 2. The normalized spacial score (nSPS) is 20.0. The third-order valence-corrected chi connectivity index (χ3v) is 7.35. The van der Waals surface area contributed by atoms with Gasteiger partial charge in [-0.25, -0.2) is 15.0 Å². The van der Waals surface area contributed by atoms with E-state index in [2.05, 4.69) is 36.2 Å². The molecule has 1 aliphatic rings. The second-order valence-corrected chi connectivity index (χ2v) is 10.1. The maximum atomic E-state index is 13.7. The van der Waals surface area contributed by atoms with E-state index in [4.69, 9.17) is 17.3 Å². The molecule has 35 heavy (non-hydrogen) atoms. The summed E-state index contributed by atoms with van der Waals surface area (Å²) in [6, 6.07) is 9.94. The van der Waals surface area contributed by atoms with Gasteiger partial charge in [0.05, 0.1) is 10.9 Å². The monoisotopic (exact) mass is 555 g/mol. The molecular weight excluding hydrogens is 534 g/mol. The molecule has 11 heteroatoms. The molecule has 0 spiro atoms. The lowest BCUT2D eigenvalue weighted by Gasteiger charge is -2.29. The Labute approximate surface area is 214 Å². The van der Waals surface area contributed by atoms with Crippen molar-refractivity contribution in [1.82, 2.24) is 24.4 Å². The van der Waals surface area contributed by atoms with Crippen LogP contribution in [0.3, 0.4) is 0 Å². The van der Waals surface area contributed by atoms with Crippen LogP contribution in [0.2, 0.25) is 5.02 Å². The van der Waals surface area contributed by atoms with Crippen LogP contribution < -0.4 is 11.1 Å². The Balaban J connectivity index is 1.49. The lowest BCUT2D eigenvalue weighted by atomic mass is 10.0. The van der Waals surface area contributed by atoms with Crippen molar-refractivity contribution in [2.45, 2.75) is 38.9 Å². The summed E-state index contributed by atoms with van der Waals surface area (Å²) in [6.45, 7) is 4.01. The van der Waals surface area contributed by atoms with Crippen LogP contribution in [0.1, 0.15) is 20.3 Å². The summed E-state index contributed by atoms with van der Waals surface area (Å²) in [6.07, 6.45) is 1.94. The minimum absolute atomic E-state index is 0.00589. The molecule has 9 nitrogen and oxygen atoms in total. The number of fused-ring (bicyclic) bond motifs is 3. The summed E-state index contributed by atoms with van der Waals surface area (Å²) in [7, 11) is 0. The number of hydrogen-bond donors (Lipinski definition) is 2. The van der Waals surface area contributed by atoms with Gasteiger partial charge < -0.3 is 20.5 Å². The highest BCUT2D eigenvalue weighted by atomic mass is 79.9. The number of benzene rings is 1. The molecule has 3 atom stereocenters. The smallest absolute Gasteiger partial charge is 0.248 e. The highest BCUT2D eigenvalue weighted by molar-refractivity contribution is 9.10. The van der Waals surface area contributed by atoms with Gasteiger partial charge in [-0.1, -0.05) is 24.6 Å². The van der Waals surface area contributed by atoms with Gasteiger partial charge >= 0.3 is 0 Å². The highest BCUT2D eigenvalue weighted by Crippen LogP contribution is 2.34. The third-order valence-electron chi connectivity index (χ3n) is 6.67. The molecule has 2 amide bonds. The third kappa shape index (κ3) is 4.21. The molecule has 1 fully saturated rings. The van der Waals surface area contributed by atoms with Crippen LogP contribution in [0.25, 0.3) is 21.9 Å². The van der Waals surface area contributed by atoms with Crippen molar-refractivity contribution in [3.8, 4) is 0 Å². The molecule has 0 saturated carbocycles. The molecule has 0 unspecified atom stereocenters. The van der Waals surface area contributed by atoms with Crippen LogP contribution in [0.5, 0.6) is 0 Å². The Hall–Kier alpha value is -3.24. The van der Waals surface area contributed by atoms with Gasteiger partial charge in [-0.05, 0) is 65.5 Å². The van der Waals surface area contributed by atoms with E-state index in [1.54, 1.807) is 35.2 Å². The van der Waals surface area contributed by atoms with Gasteiger partial charge in [0.25, 0.3) is 0 Å². The van der Waals surface area contributed by atoms with E-state index in [9.17, 15) is 9.59 Å². The molecular formula is C24H23BrClN7O2. The summed E-state index contributed by atoms with van der Waals surface area (Å²) in [4.78, 5) is 41.4. The van der Waals surface area contributed by atoms with Gasteiger partial charge in [0, 0.05) is 16.5 Å². The largest absolute Gasteiger partial charge is 0.383 e. The van der Waals surface area contributed by atoms with Gasteiger partial charge in [0.1, 0.15) is 40.8 Å². The van der Waals surface area contributed by atoms with Gasteiger partial charge in [0.15, 0.2) is 0 Å². The van der Waals surface area contributed by atoms with Crippen molar-refractivity contribution in [1.29, 1.82) is 0 Å². The topological polar surface area (TPSA) is 119 Å². The average Bonchev–Trinajstić information content (AvgIpc) is 3.28. The Bertz CT molecular complexity index is 1470. The Morgan fingerprint density at radius 1 is 1.23 bits per heavy atom. The number of nitrogens with zero attached hydrogens (tertiary/aromatic N) is 5. The predicted molar refractivity (Wildman–Crippen MR) is 139 cm³/mol. The first kappa shape index (κ1) is 23.5. The number of pyridine rings is 1. The molecule has 1 saturated heterocycles. The quantitative estimate of drug-likeness (QED) is 0.363. The van der Waals surface area contributed by atoms with Crippen LogP contribution in [-0.4, -0.2) is 48.3 Å². The fourth-order valence-electron chi connectivity index (χ4n) is 4.83. The minimum Gasteiger partial charge on any atom is -0.383 e. The predicted octanol–water partition coefficient (Wildman–Crippen LogP) is 4.24. The Morgan fingerprint density at radius 2 is 2.03 bits per heavy atom. The number of nitrogen functional groups attached to an aromatic ring is 1. The van der Waals surface area contributed by atoms with E-state index in [0.29, 0.717) is 38.7 Å². The SMILES string of the molecule is C[C@@H]1[C@@H](C)C[C@@H](C(=O)Nc2cccc(Br)n2)N1C(=O)Cn1c2ccc(Cl)cc2c2c(N)ncnc21. The van der Waals surface area contributed by atoms with Gasteiger partial charge in [-0.3, -0.25) is 9.59 Å². The first-order valence-electron chi connectivity index (χ1n) is 11.2. The fourth-order valence-corrected chi connectivity index (χ4v) is 5.35. The summed E-state index contributed by atoms with van der Waals surface area (Å²) in [5.41, 5.74) is 7.47. The molecule has 180 valence electrons. The number of amides is 2. The number of rotatable bonds is 4. The van der Waals surface area contributed by atoms with E-state index in [1.165, 1.54) is 6.33 Å². The number of anilines is 2. The van der Waals surface area contributed by atoms with Crippen LogP contribution in [0.4, 0.5) is 11.6 Å². The minimum atomic E-state index is -0.615. The highest BCUT2D eigenvalue weighted by Gasteiger charge is 2.43. The van der Waals surface area contributed by atoms with E-state index in [1.807, 2.05) is 24.5 Å². The number of aromatic nitrogens is 4. The molecule has 5 rings (SSSR count). The summed E-state index contributed by atoms with van der Waals surface area (Å²) in [5.74, 6) is 0.446. The summed E-state index contributed by atoms with van der Waals surface area (Å²) >= 11 is 9.55. The number of hydrogen-bond acceptors (Lipinski definition) is 6. The zero-order valence-electron chi connectivity index (χ0n) is 19.1. The second-order valence-electron chi connectivity index (χ2n) is 8.81. The van der Waals surface area contributed by atoms with E-state index in [-0.39, 0.29) is 30.3 Å². The molecule has 0 bridgehead atoms. The standard InChI is InChI=1S/C24H23BrClN7O2/c1-12-8-17(24(35)31-19-5-3-4-18(25)30-19)33(13(12)2)20(34)10-32-16-7-6-14(26)9-15(16)21-22(27)28-11-29-23(21)32/h3-7,9,11-13,17H,8,10H2,1-2H3,(H2,27,28,29)(H,30,31,35)/t12-,13+,17-/m0/s1. The number of likely N-dealkylation sites (tertiary alicyclic amines) is 1. The molecule has 3 N–H and O–H groups in total. The molecule has 1 aromatic carbocycles. The van der Waals surface area contributed by atoms with Crippen LogP contribution in [0, 0.1) is 5.92 Å². The number of nitrogens with two attached hydrogens (primary N) is 1. The van der Waals surface area contributed by atoms with Gasteiger partial charge in [-0.2, -0.15) is 0 Å². The van der Waals surface area contributed by atoms with E-state index >= 15 is 0 Å². The Kier molecular flexibility index (Phi) is 6.10. The maximum Gasteiger partial charge on any atom is 0.248 e. The summed E-state index contributed by atoms with van der Waals surface area (Å²) < 4.78 is 2.42. The van der Waals surface area contributed by atoms with Crippen LogP contribution in [0.15, 0.2) is 47.3 Å². The van der Waals surface area contributed by atoms with Gasteiger partial charge in [-0.15, -0.1) is 0 Å². The zero-order valence-corrected chi connectivity index (χ0v) is 21.4. The van der Waals surface area contributed by atoms with Gasteiger partial charge in [0.2, 0.25) is 11.8 Å². The lowest BCUT2D eigenvalue weighted by molar-refractivity contribution is -0.139. The summed E-state index contributed by atoms with van der Waals surface area (Å²) in [5, 5.41) is 4.82. The van der Waals surface area contributed by atoms with E-state index < -0.39 is 6.04 Å². The number of nitrogens with one attached hydrogen (secondary N) is 1. The van der Waals surface area contributed by atoms with Crippen LogP contribution in [-0.2, 0) is 16.1 Å². The lowest BCUT2D eigenvalue weighted by Crippen LogP contribution is -2.47. The van der Waals surface area contributed by atoms with Crippen LogP contribution >= 0.6 is 27.5 Å². The molecule has 4 heterocycles. The number of carbonyl (C=O) groups excluding carboxylic acids is 2. The van der Waals surface area contributed by atoms with Crippen molar-refractivity contribution in [3.05, 3.63) is 52.4 Å². The van der Waals surface area contributed by atoms with Crippen molar-refractivity contribution < 1.29 is 9.59 Å². The molecule has 0 aliphatic carbocycles. The zero-order chi connectivity index (χ0) is 24.9. The second kappa shape index (κ2) is 9.09. The van der Waals surface area contributed by atoms with Crippen molar-refractivity contribution in [3.63, 3.8) is 0 Å². The average molecular weight is 557 g/mol. The first-order chi connectivity index (χ1) is 16.7. The maximum absolute atomic E-state index is 13.7. The van der Waals surface area contributed by atoms with E-state index in [0.717, 1.165) is 10.9 Å². The van der Waals surface area contributed by atoms with Crippen molar-refractivity contribution >= 4 is 72.9 Å². The molecule has 0 radical (unpaired) electrons. The molecule has 4 aromatic rings. The van der Waals surface area contributed by atoms with Crippen molar-refractivity contribution in [2.75, 3.05) is 11.1 Å². The van der Waals surface area contributed by atoms with Crippen molar-refractivity contribution in [2.24, 2.45) is 5.92 Å². The fraction of sp³-hybridized carbons (Fsp3) is 0.292. The molecule has 1 aliphatic heterocycles.